The third-order valence-electron chi connectivity index (χ3n) is 4.19. The Labute approximate surface area is 109 Å². The van der Waals surface area contributed by atoms with Gasteiger partial charge in [0, 0.05) is 18.6 Å². The van der Waals surface area contributed by atoms with E-state index < -0.39 is 0 Å². The van der Waals surface area contributed by atoms with Crippen LogP contribution in [0.2, 0.25) is 0 Å². The molecule has 2 aliphatic rings. The number of ether oxygens (including phenoxy) is 1. The van der Waals surface area contributed by atoms with Crippen molar-refractivity contribution in [1.29, 1.82) is 0 Å². The van der Waals surface area contributed by atoms with Crippen LogP contribution in [0, 0.1) is 0 Å². The first-order chi connectivity index (χ1) is 8.66. The van der Waals surface area contributed by atoms with Crippen molar-refractivity contribution in [2.75, 3.05) is 26.7 Å². The minimum absolute atomic E-state index is 0.162. The Bertz CT molecular complexity index is 403. The largest absolute Gasteiger partial charge is 0.488 e. The summed E-state index contributed by atoms with van der Waals surface area (Å²) in [5, 5.41) is 3.59. The first-order valence-corrected chi connectivity index (χ1v) is 6.86. The first kappa shape index (κ1) is 12.0. The van der Waals surface area contributed by atoms with Gasteiger partial charge in [0.05, 0.1) is 0 Å². The van der Waals surface area contributed by atoms with Gasteiger partial charge in [-0.2, -0.15) is 0 Å². The Morgan fingerprint density at radius 1 is 1.28 bits per heavy atom. The summed E-state index contributed by atoms with van der Waals surface area (Å²) in [4.78, 5) is 2.27. The van der Waals surface area contributed by atoms with Crippen molar-refractivity contribution in [2.24, 2.45) is 0 Å². The topological polar surface area (TPSA) is 24.5 Å². The minimum atomic E-state index is 0.162. The monoisotopic (exact) mass is 246 g/mol. The number of likely N-dealkylation sites (N-methyl/N-ethyl adjacent to an activating group) is 1. The van der Waals surface area contributed by atoms with Crippen LogP contribution in [0.4, 0.5) is 0 Å². The van der Waals surface area contributed by atoms with Crippen molar-refractivity contribution in [1.82, 2.24) is 10.2 Å². The molecular weight excluding hydrogens is 224 g/mol. The van der Waals surface area contributed by atoms with Crippen LogP contribution in [0.1, 0.15) is 25.3 Å². The molecule has 1 aromatic carbocycles. The van der Waals surface area contributed by atoms with E-state index in [2.05, 4.69) is 48.5 Å². The molecule has 0 aliphatic carbocycles. The van der Waals surface area contributed by atoms with Crippen LogP contribution in [-0.4, -0.2) is 37.7 Å². The standard InChI is InChI=1S/C15H22N2O/c1-15(8-3-9-16-15)12-4-6-13(7-5-12)18-14-10-17(2)11-14/h4-7,14,16H,3,8-11H2,1-2H3. The third-order valence-corrected chi connectivity index (χ3v) is 4.19. The molecule has 2 aliphatic heterocycles. The Morgan fingerprint density at radius 2 is 2.00 bits per heavy atom. The van der Waals surface area contributed by atoms with Gasteiger partial charge in [-0.3, -0.25) is 4.90 Å². The number of nitrogens with zero attached hydrogens (tertiary/aromatic N) is 1. The first-order valence-electron chi connectivity index (χ1n) is 6.86. The van der Waals surface area contributed by atoms with Gasteiger partial charge in [-0.25, -0.2) is 0 Å². The van der Waals surface area contributed by atoms with E-state index in [-0.39, 0.29) is 5.54 Å². The number of rotatable bonds is 3. The van der Waals surface area contributed by atoms with Gasteiger partial charge in [-0.1, -0.05) is 12.1 Å². The predicted molar refractivity (Wildman–Crippen MR) is 72.9 cm³/mol. The van der Waals surface area contributed by atoms with Gasteiger partial charge in [0.25, 0.3) is 0 Å². The van der Waals surface area contributed by atoms with Crippen molar-refractivity contribution >= 4 is 0 Å². The molecule has 0 radical (unpaired) electrons. The third kappa shape index (κ3) is 2.25. The zero-order chi connectivity index (χ0) is 12.6. The maximum Gasteiger partial charge on any atom is 0.124 e. The summed E-state index contributed by atoms with van der Waals surface area (Å²) in [7, 11) is 2.12. The van der Waals surface area contributed by atoms with Gasteiger partial charge in [0.15, 0.2) is 0 Å². The zero-order valence-corrected chi connectivity index (χ0v) is 11.3. The highest BCUT2D eigenvalue weighted by molar-refractivity contribution is 5.32. The number of likely N-dealkylation sites (tertiary alicyclic amines) is 1. The summed E-state index contributed by atoms with van der Waals surface area (Å²) in [5.41, 5.74) is 1.54. The second-order valence-electron chi connectivity index (χ2n) is 5.85. The van der Waals surface area contributed by atoms with E-state index in [0.29, 0.717) is 6.10 Å². The van der Waals surface area contributed by atoms with E-state index in [9.17, 15) is 0 Å². The fourth-order valence-electron chi connectivity index (χ4n) is 2.95. The maximum atomic E-state index is 5.91. The molecule has 0 spiro atoms. The highest BCUT2D eigenvalue weighted by Crippen LogP contribution is 2.31. The smallest absolute Gasteiger partial charge is 0.124 e. The van der Waals surface area contributed by atoms with Gasteiger partial charge < -0.3 is 10.1 Å². The van der Waals surface area contributed by atoms with Crippen molar-refractivity contribution in [2.45, 2.75) is 31.4 Å². The van der Waals surface area contributed by atoms with E-state index >= 15 is 0 Å². The van der Waals surface area contributed by atoms with Crippen LogP contribution < -0.4 is 10.1 Å². The fraction of sp³-hybridized carbons (Fsp3) is 0.600. The van der Waals surface area contributed by atoms with E-state index in [1.807, 2.05) is 0 Å². The van der Waals surface area contributed by atoms with Crippen LogP contribution in [0.25, 0.3) is 0 Å². The van der Waals surface area contributed by atoms with Crippen LogP contribution >= 0.6 is 0 Å². The summed E-state index contributed by atoms with van der Waals surface area (Å²) in [5.74, 6) is 0.999. The highest BCUT2D eigenvalue weighted by Gasteiger charge is 2.30. The summed E-state index contributed by atoms with van der Waals surface area (Å²) >= 11 is 0. The molecule has 0 saturated carbocycles. The Hall–Kier alpha value is -1.06. The molecule has 0 aromatic heterocycles. The van der Waals surface area contributed by atoms with Crippen LogP contribution in [0.3, 0.4) is 0 Å². The van der Waals surface area contributed by atoms with E-state index in [4.69, 9.17) is 4.74 Å². The summed E-state index contributed by atoms with van der Waals surface area (Å²) < 4.78 is 5.91. The molecule has 2 fully saturated rings. The van der Waals surface area contributed by atoms with Crippen molar-refractivity contribution in [3.63, 3.8) is 0 Å². The molecule has 1 unspecified atom stereocenters. The molecule has 18 heavy (non-hydrogen) atoms. The van der Waals surface area contributed by atoms with Crippen molar-refractivity contribution in [3.8, 4) is 5.75 Å². The lowest BCUT2D eigenvalue weighted by molar-refractivity contribution is 0.0388. The van der Waals surface area contributed by atoms with Gasteiger partial charge >= 0.3 is 0 Å². The predicted octanol–water partition coefficient (Wildman–Crippen LogP) is 1.98. The summed E-state index contributed by atoms with van der Waals surface area (Å²) in [6.07, 6.45) is 2.87. The van der Waals surface area contributed by atoms with Crippen molar-refractivity contribution in [3.05, 3.63) is 29.8 Å². The molecule has 0 amide bonds. The lowest BCUT2D eigenvalue weighted by atomic mass is 9.91. The quantitative estimate of drug-likeness (QED) is 0.882. The molecule has 2 heterocycles. The van der Waals surface area contributed by atoms with Crippen LogP contribution in [0.15, 0.2) is 24.3 Å². The average Bonchev–Trinajstić information content (AvgIpc) is 2.76. The van der Waals surface area contributed by atoms with Gasteiger partial charge in [0.1, 0.15) is 11.9 Å². The highest BCUT2D eigenvalue weighted by atomic mass is 16.5. The molecule has 3 nitrogen and oxygen atoms in total. The summed E-state index contributed by atoms with van der Waals surface area (Å²) in [6, 6.07) is 8.63. The van der Waals surface area contributed by atoms with Gasteiger partial charge in [-0.05, 0) is 51.1 Å². The normalized spacial score (nSPS) is 29.2. The Morgan fingerprint density at radius 3 is 2.56 bits per heavy atom. The second-order valence-corrected chi connectivity index (χ2v) is 5.85. The van der Waals surface area contributed by atoms with E-state index in [0.717, 1.165) is 25.4 Å². The lowest BCUT2D eigenvalue weighted by Gasteiger charge is -2.36. The van der Waals surface area contributed by atoms with E-state index in [1.54, 1.807) is 0 Å². The maximum absolute atomic E-state index is 5.91. The number of benzene rings is 1. The molecule has 1 atom stereocenters. The molecule has 1 aromatic rings. The number of hydrogen-bond donors (Lipinski definition) is 1. The van der Waals surface area contributed by atoms with Crippen molar-refractivity contribution < 1.29 is 4.74 Å². The Kier molecular flexibility index (Phi) is 3.04. The average molecular weight is 246 g/mol. The fourth-order valence-corrected chi connectivity index (χ4v) is 2.95. The SMILES string of the molecule is CN1CC(Oc2ccc(C3(C)CCCN3)cc2)C1. The summed E-state index contributed by atoms with van der Waals surface area (Å²) in [6.45, 7) is 5.50. The zero-order valence-electron chi connectivity index (χ0n) is 11.3. The van der Waals surface area contributed by atoms with E-state index in [1.165, 1.54) is 18.4 Å². The van der Waals surface area contributed by atoms with Gasteiger partial charge in [-0.15, -0.1) is 0 Å². The lowest BCUT2D eigenvalue weighted by Crippen LogP contribution is -2.51. The van der Waals surface area contributed by atoms with Crippen LogP contribution in [0.5, 0.6) is 5.75 Å². The van der Waals surface area contributed by atoms with Crippen LogP contribution in [-0.2, 0) is 5.54 Å². The minimum Gasteiger partial charge on any atom is -0.488 e. The molecule has 0 bridgehead atoms. The molecule has 3 heteroatoms. The number of nitrogens with one attached hydrogen (secondary N) is 1. The molecule has 2 saturated heterocycles. The number of hydrogen-bond acceptors (Lipinski definition) is 3. The molecule has 98 valence electrons. The van der Waals surface area contributed by atoms with Gasteiger partial charge in [0.2, 0.25) is 0 Å². The molecule has 1 N–H and O–H groups in total. The second kappa shape index (κ2) is 4.56. The molecular formula is C15H22N2O. The molecule has 3 rings (SSSR count). The Balaban J connectivity index is 1.65.